The van der Waals surface area contributed by atoms with E-state index in [2.05, 4.69) is 39.5 Å². The summed E-state index contributed by atoms with van der Waals surface area (Å²) < 4.78 is 58.8. The third-order valence-corrected chi connectivity index (χ3v) is 16.8. The molecule has 12 heteroatoms. The molecule has 7 rings (SSSR count). The van der Waals surface area contributed by atoms with Crippen molar-refractivity contribution in [1.29, 1.82) is 0 Å². The van der Waals surface area contributed by atoms with Gasteiger partial charge in [-0.2, -0.15) is 0 Å². The van der Waals surface area contributed by atoms with Gasteiger partial charge in [0.1, 0.15) is 34.5 Å². The number of rotatable bonds is 18. The molecular formula is C48H42N3O6P3. The predicted molar refractivity (Wildman–Crippen MR) is 251 cm³/mol. The summed E-state index contributed by atoms with van der Waals surface area (Å²) >= 11 is 0. The Kier molecular flexibility index (Phi) is 12.7. The molecule has 6 aromatic carbocycles. The van der Waals surface area contributed by atoms with Gasteiger partial charge in [0.2, 0.25) is 0 Å². The van der Waals surface area contributed by atoms with E-state index in [4.69, 9.17) is 40.7 Å². The smallest absolute Gasteiger partial charge is 0.413 e. The highest BCUT2D eigenvalue weighted by Crippen LogP contribution is 2.79. The molecule has 60 heavy (non-hydrogen) atoms. The molecule has 0 unspecified atom stereocenters. The molecule has 9 nitrogen and oxygen atoms in total. The van der Waals surface area contributed by atoms with Gasteiger partial charge in [0.05, 0.1) is 0 Å². The van der Waals surface area contributed by atoms with E-state index in [9.17, 15) is 0 Å². The summed E-state index contributed by atoms with van der Waals surface area (Å²) in [6.07, 6.45) is 10.0. The predicted octanol–water partition coefficient (Wildman–Crippen LogP) is 16.2. The highest BCUT2D eigenvalue weighted by Gasteiger charge is 2.49. The Morgan fingerprint density at radius 2 is 0.417 bits per heavy atom. The fraction of sp³-hybridized carbons (Fsp3) is 0. The van der Waals surface area contributed by atoms with Crippen LogP contribution in [-0.2, 0) is 0 Å². The fourth-order valence-corrected chi connectivity index (χ4v) is 15.1. The molecule has 0 aromatic heterocycles. The van der Waals surface area contributed by atoms with Crippen molar-refractivity contribution in [1.82, 2.24) is 0 Å². The molecule has 1 heterocycles. The number of hydrogen-bond donors (Lipinski definition) is 0. The van der Waals surface area contributed by atoms with E-state index in [0.717, 1.165) is 0 Å². The van der Waals surface area contributed by atoms with Gasteiger partial charge in [0.15, 0.2) is 0 Å². The van der Waals surface area contributed by atoms with Crippen LogP contribution < -0.4 is 27.1 Å². The van der Waals surface area contributed by atoms with Gasteiger partial charge in [-0.1, -0.05) is 199 Å². The molecule has 0 saturated carbocycles. The van der Waals surface area contributed by atoms with E-state index in [1.807, 2.05) is 109 Å². The minimum Gasteiger partial charge on any atom is -0.413 e. The SMILES string of the molecule is C=Cc1ccccc1OP1(Oc2ccccc2C=C)=NP(Oc2ccccc2C=C)(Oc2ccccc2C=C)=NP(Oc2ccccc2C=C)(Oc2ccccc2C=C)=N1. The summed E-state index contributed by atoms with van der Waals surface area (Å²) in [6.45, 7) is 24.3. The van der Waals surface area contributed by atoms with Crippen LogP contribution in [0.5, 0.6) is 34.5 Å². The Hall–Kier alpha value is -6.75. The lowest BCUT2D eigenvalue weighted by Gasteiger charge is -2.34. The molecule has 1 aliphatic rings. The molecule has 0 fully saturated rings. The zero-order valence-electron chi connectivity index (χ0n) is 32.7. The normalized spacial score (nSPS) is 14.2. The molecule has 0 bridgehead atoms. The first-order valence-electron chi connectivity index (χ1n) is 18.7. The van der Waals surface area contributed by atoms with Crippen LogP contribution in [0.2, 0.25) is 0 Å². The van der Waals surface area contributed by atoms with E-state index < -0.39 is 23.0 Å². The monoisotopic (exact) mass is 849 g/mol. The zero-order chi connectivity index (χ0) is 42.0. The molecule has 6 aromatic rings. The van der Waals surface area contributed by atoms with Crippen LogP contribution in [0.25, 0.3) is 36.5 Å². The lowest BCUT2D eigenvalue weighted by atomic mass is 10.2. The van der Waals surface area contributed by atoms with Crippen molar-refractivity contribution in [3.05, 3.63) is 218 Å². The first kappa shape index (κ1) is 41.4. The van der Waals surface area contributed by atoms with E-state index >= 15 is 0 Å². The lowest BCUT2D eigenvalue weighted by molar-refractivity contribution is 0.442. The van der Waals surface area contributed by atoms with E-state index in [0.29, 0.717) is 67.9 Å². The molecule has 1 aliphatic heterocycles. The lowest BCUT2D eigenvalue weighted by Crippen LogP contribution is -2.12. The standard InChI is InChI=1S/C48H42N3O6P3/c1-7-37-25-13-19-31-43(37)52-58(53-44-32-20-14-26-38(44)8-2)49-59(54-45-33-21-15-27-39(45)9-3,55-46-34-22-16-28-40(46)10-4)51-60(50-58,56-47-35-23-17-29-41(47)11-5)57-48-36-24-18-30-42(48)12-6/h7-36H,1-6H2. The third kappa shape index (κ3) is 9.10. The number of hydrogen-bond acceptors (Lipinski definition) is 9. The first-order valence-corrected chi connectivity index (χ1v) is 23.3. The number of para-hydroxylation sites is 6. The van der Waals surface area contributed by atoms with Gasteiger partial charge in [0.25, 0.3) is 0 Å². The summed E-state index contributed by atoms with van der Waals surface area (Å²) in [7, 11) is -12.7. The molecule has 0 saturated heterocycles. The molecular weight excluding hydrogens is 807 g/mol. The van der Waals surface area contributed by atoms with Gasteiger partial charge in [0, 0.05) is 33.4 Å². The second-order valence-electron chi connectivity index (χ2n) is 12.7. The van der Waals surface area contributed by atoms with Gasteiger partial charge in [-0.3, -0.25) is 0 Å². The van der Waals surface area contributed by atoms with Crippen LogP contribution in [0.1, 0.15) is 33.4 Å². The van der Waals surface area contributed by atoms with Crippen LogP contribution in [0.4, 0.5) is 0 Å². The Bertz CT molecular complexity index is 2320. The van der Waals surface area contributed by atoms with Gasteiger partial charge in [-0.25, -0.2) is 0 Å². The van der Waals surface area contributed by atoms with Crippen LogP contribution in [0.15, 0.2) is 199 Å². The van der Waals surface area contributed by atoms with Crippen molar-refractivity contribution in [2.75, 3.05) is 0 Å². The average molecular weight is 850 g/mol. The van der Waals surface area contributed by atoms with Crippen molar-refractivity contribution in [2.24, 2.45) is 13.5 Å². The van der Waals surface area contributed by atoms with Crippen molar-refractivity contribution in [2.45, 2.75) is 0 Å². The molecule has 0 atom stereocenters. The van der Waals surface area contributed by atoms with Gasteiger partial charge >= 0.3 is 23.0 Å². The molecule has 0 amide bonds. The Labute approximate surface area is 351 Å². The van der Waals surface area contributed by atoms with Crippen molar-refractivity contribution in [3.8, 4) is 34.5 Å². The molecule has 0 spiro atoms. The van der Waals surface area contributed by atoms with Gasteiger partial charge in [-0.15, -0.1) is 0 Å². The topological polar surface area (TPSA) is 92.5 Å². The first-order chi connectivity index (χ1) is 29.3. The third-order valence-electron chi connectivity index (χ3n) is 8.82. The van der Waals surface area contributed by atoms with Crippen LogP contribution in [0.3, 0.4) is 0 Å². The molecule has 300 valence electrons. The van der Waals surface area contributed by atoms with Crippen LogP contribution >= 0.6 is 23.0 Å². The molecule has 0 aliphatic carbocycles. The van der Waals surface area contributed by atoms with Crippen molar-refractivity contribution in [3.63, 3.8) is 0 Å². The maximum Gasteiger partial charge on any atom is 0.460 e. The fourth-order valence-electron chi connectivity index (χ4n) is 5.92. The maximum absolute atomic E-state index is 7.10. The highest BCUT2D eigenvalue weighted by atomic mass is 31.3. The number of benzene rings is 6. The largest absolute Gasteiger partial charge is 0.460 e. The summed E-state index contributed by atoms with van der Waals surface area (Å²) in [6, 6.07) is 44.0. The quantitative estimate of drug-likeness (QED) is 0.0800. The van der Waals surface area contributed by atoms with E-state index in [-0.39, 0.29) is 0 Å². The molecule has 0 radical (unpaired) electrons. The number of nitrogens with zero attached hydrogens (tertiary/aromatic N) is 3. The Balaban J connectivity index is 1.68. The van der Waals surface area contributed by atoms with Crippen LogP contribution in [0, 0.1) is 0 Å². The Morgan fingerprint density at radius 1 is 0.267 bits per heavy atom. The minimum atomic E-state index is -4.24. The van der Waals surface area contributed by atoms with Gasteiger partial charge in [-0.05, 0) is 36.4 Å². The van der Waals surface area contributed by atoms with Gasteiger partial charge < -0.3 is 27.1 Å². The van der Waals surface area contributed by atoms with Crippen molar-refractivity contribution < 1.29 is 27.1 Å². The molecule has 0 N–H and O–H groups in total. The second kappa shape index (κ2) is 18.4. The zero-order valence-corrected chi connectivity index (χ0v) is 35.4. The summed E-state index contributed by atoms with van der Waals surface area (Å²) in [5.41, 5.74) is 3.86. The van der Waals surface area contributed by atoms with E-state index in [1.54, 1.807) is 72.9 Å². The average Bonchev–Trinajstić information content (AvgIpc) is 3.27. The summed E-state index contributed by atoms with van der Waals surface area (Å²) in [4.78, 5) is 0. The minimum absolute atomic E-state index is 0.360. The Morgan fingerprint density at radius 3 is 0.567 bits per heavy atom. The van der Waals surface area contributed by atoms with Crippen molar-refractivity contribution >= 4 is 59.4 Å². The maximum atomic E-state index is 7.10. The second-order valence-corrected chi connectivity index (χ2v) is 18.9. The van der Waals surface area contributed by atoms with E-state index in [1.165, 1.54) is 0 Å². The summed E-state index contributed by atoms with van der Waals surface area (Å²) in [5.74, 6) is 2.16. The highest BCUT2D eigenvalue weighted by molar-refractivity contribution is 7.79. The summed E-state index contributed by atoms with van der Waals surface area (Å²) in [5, 5.41) is 0. The van der Waals surface area contributed by atoms with Crippen LogP contribution in [-0.4, -0.2) is 0 Å².